The van der Waals surface area contributed by atoms with Crippen LogP contribution in [0, 0.1) is 11.3 Å². The highest BCUT2D eigenvalue weighted by Gasteiger charge is 2.41. The predicted octanol–water partition coefficient (Wildman–Crippen LogP) is 4.83. The van der Waals surface area contributed by atoms with Gasteiger partial charge in [0.25, 0.3) is 0 Å². The van der Waals surface area contributed by atoms with Crippen LogP contribution in [0.1, 0.15) is 67.2 Å². The highest BCUT2D eigenvalue weighted by Crippen LogP contribution is 2.54. The van der Waals surface area contributed by atoms with E-state index in [9.17, 15) is 0 Å². The molecule has 1 aliphatic carbocycles. The zero-order valence-corrected chi connectivity index (χ0v) is 13.2. The van der Waals surface area contributed by atoms with Gasteiger partial charge in [0.05, 0.1) is 0 Å². The van der Waals surface area contributed by atoms with Gasteiger partial charge in [-0.3, -0.25) is 0 Å². The van der Waals surface area contributed by atoms with E-state index >= 15 is 0 Å². The highest BCUT2D eigenvalue weighted by molar-refractivity contribution is 5.53. The van der Waals surface area contributed by atoms with Gasteiger partial charge in [-0.15, -0.1) is 0 Å². The molecule has 1 heteroatoms. The van der Waals surface area contributed by atoms with Gasteiger partial charge >= 0.3 is 0 Å². The Balaban J connectivity index is 3.44. The first kappa shape index (κ1) is 15.5. The predicted molar refractivity (Wildman–Crippen MR) is 81.5 cm³/mol. The SMILES string of the molecule is CCC1=C(CC)C(C)(CCN)C(C(C)C)=C1CC. The van der Waals surface area contributed by atoms with Crippen LogP contribution in [0.15, 0.2) is 22.3 Å². The summed E-state index contributed by atoms with van der Waals surface area (Å²) >= 11 is 0. The second-order valence-corrected chi connectivity index (χ2v) is 5.94. The maximum Gasteiger partial charge on any atom is 0.0118 e. The van der Waals surface area contributed by atoms with E-state index in [0.29, 0.717) is 5.92 Å². The van der Waals surface area contributed by atoms with Gasteiger partial charge in [-0.2, -0.15) is 0 Å². The zero-order valence-electron chi connectivity index (χ0n) is 13.2. The van der Waals surface area contributed by atoms with E-state index in [-0.39, 0.29) is 5.41 Å². The number of rotatable bonds is 6. The summed E-state index contributed by atoms with van der Waals surface area (Å²) in [5.74, 6) is 0.627. The molecule has 1 nitrogen and oxygen atoms in total. The standard InChI is InChI=1S/C17H31N/c1-7-13-14(8-2)16(12(4)5)17(6,10-11-18)15(13)9-3/h12H,7-11,18H2,1-6H3. The number of nitrogens with two attached hydrogens (primary N) is 1. The van der Waals surface area contributed by atoms with Gasteiger partial charge in [-0.25, -0.2) is 0 Å². The molecule has 0 bridgehead atoms. The second-order valence-electron chi connectivity index (χ2n) is 5.94. The highest BCUT2D eigenvalue weighted by atomic mass is 14.6. The molecule has 104 valence electrons. The number of hydrogen-bond donors (Lipinski definition) is 1. The smallest absolute Gasteiger partial charge is 0.0118 e. The molecule has 0 radical (unpaired) electrons. The van der Waals surface area contributed by atoms with Crippen molar-refractivity contribution in [2.45, 2.75) is 67.2 Å². The molecule has 1 atom stereocenters. The van der Waals surface area contributed by atoms with Crippen LogP contribution < -0.4 is 5.73 Å². The molecule has 1 unspecified atom stereocenters. The van der Waals surface area contributed by atoms with Crippen LogP contribution in [0.3, 0.4) is 0 Å². The van der Waals surface area contributed by atoms with E-state index in [1.807, 2.05) is 0 Å². The first-order valence-corrected chi connectivity index (χ1v) is 7.64. The normalized spacial score (nSPS) is 24.7. The third-order valence-electron chi connectivity index (χ3n) is 4.60. The minimum atomic E-state index is 0.231. The lowest BCUT2D eigenvalue weighted by molar-refractivity contribution is 0.401. The fourth-order valence-electron chi connectivity index (χ4n) is 4.17. The van der Waals surface area contributed by atoms with E-state index in [1.165, 1.54) is 19.3 Å². The molecular formula is C17H31N. The topological polar surface area (TPSA) is 26.0 Å². The summed E-state index contributed by atoms with van der Waals surface area (Å²) < 4.78 is 0. The maximum absolute atomic E-state index is 5.90. The molecule has 2 N–H and O–H groups in total. The second kappa shape index (κ2) is 6.06. The fraction of sp³-hybridized carbons (Fsp3) is 0.765. The van der Waals surface area contributed by atoms with Gasteiger partial charge in [0, 0.05) is 5.41 Å². The van der Waals surface area contributed by atoms with Crippen molar-refractivity contribution in [3.63, 3.8) is 0 Å². The Morgan fingerprint density at radius 3 is 1.89 bits per heavy atom. The number of hydrogen-bond acceptors (Lipinski definition) is 1. The molecule has 0 spiro atoms. The summed E-state index contributed by atoms with van der Waals surface area (Å²) in [5.41, 5.74) is 12.7. The maximum atomic E-state index is 5.90. The molecule has 0 saturated carbocycles. The van der Waals surface area contributed by atoms with Gasteiger partial charge in [0.1, 0.15) is 0 Å². The van der Waals surface area contributed by atoms with Gasteiger partial charge < -0.3 is 5.73 Å². The van der Waals surface area contributed by atoms with E-state index in [0.717, 1.165) is 13.0 Å². The number of allylic oxidation sites excluding steroid dienone is 4. The molecule has 1 rings (SSSR count). The summed E-state index contributed by atoms with van der Waals surface area (Å²) in [4.78, 5) is 0. The molecule has 0 aromatic carbocycles. The third kappa shape index (κ3) is 2.30. The van der Waals surface area contributed by atoms with Crippen LogP contribution in [-0.4, -0.2) is 6.54 Å². The van der Waals surface area contributed by atoms with Crippen LogP contribution in [0.5, 0.6) is 0 Å². The lowest BCUT2D eigenvalue weighted by Gasteiger charge is -2.34. The summed E-state index contributed by atoms with van der Waals surface area (Å²) in [6, 6.07) is 0. The van der Waals surface area contributed by atoms with Crippen molar-refractivity contribution in [1.29, 1.82) is 0 Å². The molecule has 18 heavy (non-hydrogen) atoms. The minimum Gasteiger partial charge on any atom is -0.330 e. The van der Waals surface area contributed by atoms with E-state index < -0.39 is 0 Å². The molecular weight excluding hydrogens is 218 g/mol. The average Bonchev–Trinajstić information content (AvgIpc) is 2.56. The van der Waals surface area contributed by atoms with Crippen LogP contribution in [-0.2, 0) is 0 Å². The largest absolute Gasteiger partial charge is 0.330 e. The van der Waals surface area contributed by atoms with Gasteiger partial charge in [-0.1, -0.05) is 52.7 Å². The van der Waals surface area contributed by atoms with E-state index in [4.69, 9.17) is 5.73 Å². The molecule has 0 fully saturated rings. The van der Waals surface area contributed by atoms with Crippen molar-refractivity contribution in [3.8, 4) is 0 Å². The molecule has 1 aliphatic rings. The Bertz CT molecular complexity index is 360. The quantitative estimate of drug-likeness (QED) is 0.716. The zero-order chi connectivity index (χ0) is 13.9. The Morgan fingerprint density at radius 1 is 1.00 bits per heavy atom. The average molecular weight is 249 g/mol. The molecule has 0 saturated heterocycles. The van der Waals surface area contributed by atoms with Gasteiger partial charge in [0.15, 0.2) is 0 Å². The van der Waals surface area contributed by atoms with Crippen LogP contribution >= 0.6 is 0 Å². The molecule has 0 aromatic rings. The lowest BCUT2D eigenvalue weighted by Crippen LogP contribution is -2.26. The Hall–Kier alpha value is -0.560. The molecule has 0 heterocycles. The van der Waals surface area contributed by atoms with Gasteiger partial charge in [-0.05, 0) is 49.3 Å². The Kier molecular flexibility index (Phi) is 5.21. The van der Waals surface area contributed by atoms with Crippen molar-refractivity contribution >= 4 is 0 Å². The fourth-order valence-corrected chi connectivity index (χ4v) is 4.17. The van der Waals surface area contributed by atoms with Crippen molar-refractivity contribution in [1.82, 2.24) is 0 Å². The van der Waals surface area contributed by atoms with Crippen molar-refractivity contribution < 1.29 is 0 Å². The Labute approximate surface area is 114 Å². The van der Waals surface area contributed by atoms with Crippen molar-refractivity contribution in [2.24, 2.45) is 17.1 Å². The summed E-state index contributed by atoms with van der Waals surface area (Å²) in [6.07, 6.45) is 4.60. The lowest BCUT2D eigenvalue weighted by atomic mass is 9.70. The summed E-state index contributed by atoms with van der Waals surface area (Å²) in [7, 11) is 0. The molecule has 0 aromatic heterocycles. The molecule has 0 aliphatic heterocycles. The summed E-state index contributed by atoms with van der Waals surface area (Å²) in [6.45, 7) is 14.8. The van der Waals surface area contributed by atoms with Crippen LogP contribution in [0.2, 0.25) is 0 Å². The van der Waals surface area contributed by atoms with Crippen molar-refractivity contribution in [3.05, 3.63) is 22.3 Å². The van der Waals surface area contributed by atoms with E-state index in [2.05, 4.69) is 41.5 Å². The van der Waals surface area contributed by atoms with E-state index in [1.54, 1.807) is 22.3 Å². The van der Waals surface area contributed by atoms with Crippen LogP contribution in [0.25, 0.3) is 0 Å². The third-order valence-corrected chi connectivity index (χ3v) is 4.60. The van der Waals surface area contributed by atoms with Gasteiger partial charge in [0.2, 0.25) is 0 Å². The summed E-state index contributed by atoms with van der Waals surface area (Å²) in [5, 5.41) is 0. The van der Waals surface area contributed by atoms with Crippen LogP contribution in [0.4, 0.5) is 0 Å². The van der Waals surface area contributed by atoms with Crippen molar-refractivity contribution in [2.75, 3.05) is 6.54 Å². The Morgan fingerprint density at radius 2 is 1.56 bits per heavy atom. The monoisotopic (exact) mass is 249 g/mol. The minimum absolute atomic E-state index is 0.231. The first-order valence-electron chi connectivity index (χ1n) is 7.64. The first-order chi connectivity index (χ1) is 8.47. The molecule has 0 amide bonds.